The Kier molecular flexibility index (Phi) is 7.49. The predicted octanol–water partition coefficient (Wildman–Crippen LogP) is 3.21. The van der Waals surface area contributed by atoms with Crippen LogP contribution in [0.15, 0.2) is 48.5 Å². The summed E-state index contributed by atoms with van der Waals surface area (Å²) in [5.41, 5.74) is 1.56. The average Bonchev–Trinajstić information content (AvgIpc) is 2.66. The minimum Gasteiger partial charge on any atom is -0.497 e. The molecule has 0 saturated heterocycles. The summed E-state index contributed by atoms with van der Waals surface area (Å²) in [6.45, 7) is 0.213. The van der Waals surface area contributed by atoms with E-state index in [4.69, 9.17) is 14.2 Å². The molecular weight excluding hydrogens is 334 g/mol. The molecule has 0 radical (unpaired) electrons. The number of carbonyl (C=O) groups excluding carboxylic acids is 2. The molecule has 0 bridgehead atoms. The van der Waals surface area contributed by atoms with E-state index in [1.54, 1.807) is 50.6 Å². The summed E-state index contributed by atoms with van der Waals surface area (Å²) < 4.78 is 15.3. The summed E-state index contributed by atoms with van der Waals surface area (Å²) in [7, 11) is 3.18. The van der Waals surface area contributed by atoms with Crippen LogP contribution < -0.4 is 14.8 Å². The van der Waals surface area contributed by atoms with Gasteiger partial charge in [-0.05, 0) is 48.4 Å². The molecule has 2 aromatic rings. The van der Waals surface area contributed by atoms with E-state index in [9.17, 15) is 9.59 Å². The van der Waals surface area contributed by atoms with Gasteiger partial charge in [-0.2, -0.15) is 0 Å². The fraction of sp³-hybridized carbons (Fsp3) is 0.300. The Morgan fingerprint density at radius 1 is 0.885 bits per heavy atom. The van der Waals surface area contributed by atoms with E-state index in [0.29, 0.717) is 12.1 Å². The molecule has 0 fully saturated rings. The lowest BCUT2D eigenvalue weighted by molar-refractivity contribution is -0.143. The summed E-state index contributed by atoms with van der Waals surface area (Å²) in [6.07, 6.45) is 0.945. The van der Waals surface area contributed by atoms with Crippen LogP contribution in [0.4, 0.5) is 5.69 Å². The van der Waals surface area contributed by atoms with Crippen molar-refractivity contribution in [2.45, 2.75) is 19.3 Å². The summed E-state index contributed by atoms with van der Waals surface area (Å²) in [4.78, 5) is 23.7. The van der Waals surface area contributed by atoms with Crippen LogP contribution in [0.1, 0.15) is 18.4 Å². The number of methoxy groups -OCH3 is 2. The highest BCUT2D eigenvalue weighted by atomic mass is 16.5. The van der Waals surface area contributed by atoms with Crippen LogP contribution in [0.25, 0.3) is 0 Å². The van der Waals surface area contributed by atoms with Crippen molar-refractivity contribution in [2.24, 2.45) is 0 Å². The molecule has 2 aromatic carbocycles. The van der Waals surface area contributed by atoms with E-state index in [1.165, 1.54) is 0 Å². The first kappa shape index (κ1) is 19.3. The van der Waals surface area contributed by atoms with Gasteiger partial charge in [0.25, 0.3) is 0 Å². The van der Waals surface area contributed by atoms with Crippen molar-refractivity contribution in [3.05, 3.63) is 54.1 Å². The molecule has 6 heteroatoms. The standard InChI is InChI=1S/C20H23NO5/c1-24-17-9-5-15(6-10-17)14-20(23)26-13-3-4-19(22)21-16-7-11-18(25-2)12-8-16/h5-12H,3-4,13-14H2,1-2H3,(H,21,22). The second-order valence-electron chi connectivity index (χ2n) is 5.63. The third-order valence-electron chi connectivity index (χ3n) is 3.69. The second-order valence-corrected chi connectivity index (χ2v) is 5.63. The van der Waals surface area contributed by atoms with E-state index < -0.39 is 0 Å². The zero-order valence-corrected chi connectivity index (χ0v) is 15.0. The van der Waals surface area contributed by atoms with Gasteiger partial charge in [0, 0.05) is 12.1 Å². The van der Waals surface area contributed by atoms with Crippen LogP contribution in [-0.4, -0.2) is 32.7 Å². The Hall–Kier alpha value is -3.02. The quantitative estimate of drug-likeness (QED) is 0.551. The molecule has 1 amide bonds. The zero-order valence-electron chi connectivity index (χ0n) is 15.0. The van der Waals surface area contributed by atoms with Gasteiger partial charge in [0.1, 0.15) is 11.5 Å². The number of carbonyl (C=O) groups is 2. The Labute approximate surface area is 153 Å². The average molecular weight is 357 g/mol. The van der Waals surface area contributed by atoms with Gasteiger partial charge < -0.3 is 19.5 Å². The van der Waals surface area contributed by atoms with Gasteiger partial charge in [-0.25, -0.2) is 0 Å². The zero-order chi connectivity index (χ0) is 18.8. The molecule has 0 heterocycles. The highest BCUT2D eigenvalue weighted by molar-refractivity contribution is 5.90. The highest BCUT2D eigenvalue weighted by Crippen LogP contribution is 2.15. The minimum absolute atomic E-state index is 0.124. The second kappa shape index (κ2) is 10.1. The molecule has 1 N–H and O–H groups in total. The largest absolute Gasteiger partial charge is 0.497 e. The van der Waals surface area contributed by atoms with Crippen LogP contribution in [0.2, 0.25) is 0 Å². The number of nitrogens with one attached hydrogen (secondary N) is 1. The number of ether oxygens (including phenoxy) is 3. The number of amides is 1. The van der Waals surface area contributed by atoms with Crippen molar-refractivity contribution in [3.8, 4) is 11.5 Å². The lowest BCUT2D eigenvalue weighted by Crippen LogP contribution is -2.14. The van der Waals surface area contributed by atoms with Gasteiger partial charge in [0.15, 0.2) is 0 Å². The Balaban J connectivity index is 1.63. The number of hydrogen-bond acceptors (Lipinski definition) is 5. The third-order valence-corrected chi connectivity index (χ3v) is 3.69. The van der Waals surface area contributed by atoms with E-state index in [2.05, 4.69) is 5.32 Å². The van der Waals surface area contributed by atoms with Gasteiger partial charge in [-0.1, -0.05) is 12.1 Å². The third kappa shape index (κ3) is 6.47. The number of anilines is 1. The maximum Gasteiger partial charge on any atom is 0.310 e. The molecule has 0 saturated carbocycles. The van der Waals surface area contributed by atoms with Gasteiger partial charge in [0.05, 0.1) is 27.2 Å². The first-order valence-corrected chi connectivity index (χ1v) is 8.33. The number of esters is 1. The van der Waals surface area contributed by atoms with E-state index in [1.807, 2.05) is 12.1 Å². The first-order chi connectivity index (χ1) is 12.6. The van der Waals surface area contributed by atoms with Crippen molar-refractivity contribution in [1.29, 1.82) is 0 Å². The van der Waals surface area contributed by atoms with Crippen molar-refractivity contribution in [2.75, 3.05) is 26.1 Å². The SMILES string of the molecule is COc1ccc(CC(=O)OCCCC(=O)Nc2ccc(OC)cc2)cc1. The molecule has 0 aromatic heterocycles. The van der Waals surface area contributed by atoms with E-state index in [0.717, 1.165) is 17.1 Å². The topological polar surface area (TPSA) is 73.9 Å². The maximum absolute atomic E-state index is 11.9. The van der Waals surface area contributed by atoms with Crippen LogP contribution in [0.3, 0.4) is 0 Å². The summed E-state index contributed by atoms with van der Waals surface area (Å²) in [5, 5.41) is 2.79. The van der Waals surface area contributed by atoms with Gasteiger partial charge in [-0.15, -0.1) is 0 Å². The predicted molar refractivity (Wildman–Crippen MR) is 98.5 cm³/mol. The number of hydrogen-bond donors (Lipinski definition) is 1. The number of rotatable bonds is 9. The molecule has 0 spiro atoms. The maximum atomic E-state index is 11.9. The fourth-order valence-corrected chi connectivity index (χ4v) is 2.28. The molecule has 0 unspecified atom stereocenters. The molecule has 0 aliphatic carbocycles. The van der Waals surface area contributed by atoms with Crippen LogP contribution >= 0.6 is 0 Å². The first-order valence-electron chi connectivity index (χ1n) is 8.33. The molecule has 0 aliphatic heterocycles. The molecule has 0 atom stereocenters. The molecule has 26 heavy (non-hydrogen) atoms. The summed E-state index contributed by atoms with van der Waals surface area (Å²) in [5.74, 6) is 1.03. The lowest BCUT2D eigenvalue weighted by atomic mass is 10.1. The minimum atomic E-state index is -0.314. The van der Waals surface area contributed by atoms with Crippen molar-refractivity contribution in [3.63, 3.8) is 0 Å². The molecule has 6 nitrogen and oxygen atoms in total. The Morgan fingerprint density at radius 2 is 1.46 bits per heavy atom. The van der Waals surface area contributed by atoms with Gasteiger partial charge in [-0.3, -0.25) is 9.59 Å². The monoisotopic (exact) mass is 357 g/mol. The number of benzene rings is 2. The fourth-order valence-electron chi connectivity index (χ4n) is 2.28. The molecular formula is C20H23NO5. The molecule has 138 valence electrons. The Morgan fingerprint density at radius 3 is 2.04 bits per heavy atom. The van der Waals surface area contributed by atoms with E-state index >= 15 is 0 Å². The van der Waals surface area contributed by atoms with Crippen molar-refractivity contribution < 1.29 is 23.8 Å². The van der Waals surface area contributed by atoms with Crippen LogP contribution in [-0.2, 0) is 20.7 Å². The normalized spacial score (nSPS) is 10.1. The molecule has 2 rings (SSSR count). The van der Waals surface area contributed by atoms with Gasteiger partial charge >= 0.3 is 5.97 Å². The summed E-state index contributed by atoms with van der Waals surface area (Å²) in [6, 6.07) is 14.3. The molecule has 0 aliphatic rings. The van der Waals surface area contributed by atoms with Crippen molar-refractivity contribution >= 4 is 17.6 Å². The summed E-state index contributed by atoms with van der Waals surface area (Å²) >= 11 is 0. The van der Waals surface area contributed by atoms with Crippen LogP contribution in [0, 0.1) is 0 Å². The van der Waals surface area contributed by atoms with Gasteiger partial charge in [0.2, 0.25) is 5.91 Å². The smallest absolute Gasteiger partial charge is 0.310 e. The Bertz CT molecular complexity index is 646. The van der Waals surface area contributed by atoms with Crippen LogP contribution in [0.5, 0.6) is 11.5 Å². The van der Waals surface area contributed by atoms with Crippen molar-refractivity contribution in [1.82, 2.24) is 0 Å². The highest BCUT2D eigenvalue weighted by Gasteiger charge is 2.07. The van der Waals surface area contributed by atoms with E-state index in [-0.39, 0.29) is 31.3 Å². The lowest BCUT2D eigenvalue weighted by Gasteiger charge is -2.07.